The minimum Gasteiger partial charge on any atom is -0.355 e. The topological polar surface area (TPSA) is 60.0 Å². The van der Waals surface area contributed by atoms with Crippen LogP contribution in [-0.2, 0) is 20.0 Å². The lowest BCUT2D eigenvalue weighted by Gasteiger charge is -2.20. The Morgan fingerprint density at radius 3 is 2.94 bits per heavy atom. The van der Waals surface area contributed by atoms with Crippen LogP contribution >= 0.6 is 0 Å². The highest BCUT2D eigenvalue weighted by atomic mass is 15.2. The van der Waals surface area contributed by atoms with Crippen molar-refractivity contribution in [3.05, 3.63) is 41.9 Å². The van der Waals surface area contributed by atoms with Gasteiger partial charge in [0, 0.05) is 38.6 Å². The summed E-state index contributed by atoms with van der Waals surface area (Å²) in [6, 6.07) is 4.03. The maximum atomic E-state index is 5.63. The first-order valence-corrected chi connectivity index (χ1v) is 6.03. The third-order valence-electron chi connectivity index (χ3n) is 2.82. The minimum absolute atomic E-state index is 0.638. The van der Waals surface area contributed by atoms with Crippen LogP contribution in [0.2, 0.25) is 0 Å². The minimum atomic E-state index is 0.638. The summed E-state index contributed by atoms with van der Waals surface area (Å²) in [5, 5.41) is 4.17. The molecule has 18 heavy (non-hydrogen) atoms. The smallest absolute Gasteiger partial charge is 0.131 e. The Kier molecular flexibility index (Phi) is 3.94. The molecule has 0 aliphatic carbocycles. The zero-order chi connectivity index (χ0) is 13.0. The first-order chi connectivity index (χ1) is 8.70. The monoisotopic (exact) mass is 245 g/mol. The second-order valence-corrected chi connectivity index (χ2v) is 4.40. The van der Waals surface area contributed by atoms with E-state index in [1.807, 2.05) is 43.4 Å². The van der Waals surface area contributed by atoms with E-state index in [9.17, 15) is 0 Å². The fourth-order valence-electron chi connectivity index (χ4n) is 2.03. The van der Waals surface area contributed by atoms with Gasteiger partial charge in [-0.05, 0) is 24.6 Å². The molecule has 96 valence electrons. The summed E-state index contributed by atoms with van der Waals surface area (Å²) >= 11 is 0. The van der Waals surface area contributed by atoms with Crippen molar-refractivity contribution in [1.29, 1.82) is 0 Å². The van der Waals surface area contributed by atoms with Crippen molar-refractivity contribution in [2.75, 3.05) is 18.5 Å². The van der Waals surface area contributed by atoms with Crippen molar-refractivity contribution in [2.24, 2.45) is 12.8 Å². The molecule has 0 radical (unpaired) electrons. The van der Waals surface area contributed by atoms with Gasteiger partial charge in [0.1, 0.15) is 5.82 Å². The third-order valence-corrected chi connectivity index (χ3v) is 2.82. The van der Waals surface area contributed by atoms with Gasteiger partial charge in [-0.15, -0.1) is 0 Å². The van der Waals surface area contributed by atoms with Crippen molar-refractivity contribution < 1.29 is 0 Å². The van der Waals surface area contributed by atoms with E-state index in [2.05, 4.69) is 21.0 Å². The molecule has 0 fully saturated rings. The van der Waals surface area contributed by atoms with Crippen molar-refractivity contribution >= 4 is 5.82 Å². The van der Waals surface area contributed by atoms with Gasteiger partial charge in [0.2, 0.25) is 0 Å². The van der Waals surface area contributed by atoms with Gasteiger partial charge in [-0.3, -0.25) is 4.68 Å². The summed E-state index contributed by atoms with van der Waals surface area (Å²) in [7, 11) is 3.96. The maximum Gasteiger partial charge on any atom is 0.131 e. The number of hydrogen-bond acceptors (Lipinski definition) is 4. The number of pyridine rings is 1. The molecule has 0 saturated carbocycles. The number of nitrogens with zero attached hydrogens (tertiary/aromatic N) is 4. The van der Waals surface area contributed by atoms with E-state index < -0.39 is 0 Å². The van der Waals surface area contributed by atoms with Crippen LogP contribution in [-0.4, -0.2) is 28.4 Å². The molecule has 2 aromatic heterocycles. The first-order valence-electron chi connectivity index (χ1n) is 6.03. The van der Waals surface area contributed by atoms with Gasteiger partial charge >= 0.3 is 0 Å². The Labute approximate surface area is 107 Å². The van der Waals surface area contributed by atoms with Gasteiger partial charge in [0.25, 0.3) is 0 Å². The van der Waals surface area contributed by atoms with Crippen LogP contribution in [0.25, 0.3) is 0 Å². The van der Waals surface area contributed by atoms with Crippen LogP contribution in [0.3, 0.4) is 0 Å². The lowest BCUT2D eigenvalue weighted by molar-refractivity contribution is 0.766. The molecule has 2 aromatic rings. The maximum absolute atomic E-state index is 5.63. The molecular weight excluding hydrogens is 226 g/mol. The van der Waals surface area contributed by atoms with E-state index >= 15 is 0 Å². The summed E-state index contributed by atoms with van der Waals surface area (Å²) in [4.78, 5) is 6.57. The van der Waals surface area contributed by atoms with Crippen molar-refractivity contribution in [2.45, 2.75) is 13.0 Å². The molecule has 0 unspecified atom stereocenters. The van der Waals surface area contributed by atoms with E-state index in [1.165, 1.54) is 11.1 Å². The van der Waals surface area contributed by atoms with Gasteiger partial charge in [-0.25, -0.2) is 4.98 Å². The molecule has 5 heteroatoms. The Morgan fingerprint density at radius 2 is 2.28 bits per heavy atom. The predicted molar refractivity (Wildman–Crippen MR) is 72.3 cm³/mol. The van der Waals surface area contributed by atoms with Gasteiger partial charge in [0.15, 0.2) is 0 Å². The SMILES string of the molecule is CN(Cc1cnn(C)c1)c1ncccc1CCN. The van der Waals surface area contributed by atoms with E-state index in [0.29, 0.717) is 6.54 Å². The van der Waals surface area contributed by atoms with Crippen LogP contribution in [0, 0.1) is 0 Å². The number of aromatic nitrogens is 3. The van der Waals surface area contributed by atoms with E-state index in [0.717, 1.165) is 18.8 Å². The molecule has 5 nitrogen and oxygen atoms in total. The van der Waals surface area contributed by atoms with E-state index in [-0.39, 0.29) is 0 Å². The molecular formula is C13H19N5. The summed E-state index contributed by atoms with van der Waals surface area (Å²) in [5.74, 6) is 0.992. The van der Waals surface area contributed by atoms with Crippen LogP contribution in [0.1, 0.15) is 11.1 Å². The van der Waals surface area contributed by atoms with Gasteiger partial charge in [-0.2, -0.15) is 5.10 Å². The normalized spacial score (nSPS) is 10.6. The third kappa shape index (κ3) is 2.87. The highest BCUT2D eigenvalue weighted by molar-refractivity contribution is 5.46. The van der Waals surface area contributed by atoms with E-state index in [1.54, 1.807) is 0 Å². The van der Waals surface area contributed by atoms with E-state index in [4.69, 9.17) is 5.73 Å². The Bertz CT molecular complexity index is 506. The average Bonchev–Trinajstić information content (AvgIpc) is 2.76. The first kappa shape index (κ1) is 12.6. The number of aryl methyl sites for hydroxylation is 1. The Hall–Kier alpha value is -1.88. The lowest BCUT2D eigenvalue weighted by atomic mass is 10.1. The Balaban J connectivity index is 2.15. The number of rotatable bonds is 5. The van der Waals surface area contributed by atoms with Crippen LogP contribution in [0.15, 0.2) is 30.7 Å². The standard InChI is InChI=1S/C13H19N5/c1-17(9-11-8-16-18(2)10-11)13-12(5-6-14)4-3-7-15-13/h3-4,7-8,10H,5-6,9,14H2,1-2H3. The largest absolute Gasteiger partial charge is 0.355 e. The van der Waals surface area contributed by atoms with Crippen LogP contribution in [0.5, 0.6) is 0 Å². The molecule has 0 spiro atoms. The fraction of sp³-hybridized carbons (Fsp3) is 0.385. The van der Waals surface area contributed by atoms with Gasteiger partial charge in [0.05, 0.1) is 6.20 Å². The Morgan fingerprint density at radius 1 is 1.44 bits per heavy atom. The molecule has 0 amide bonds. The summed E-state index contributed by atoms with van der Waals surface area (Å²) in [6.07, 6.45) is 6.56. The summed E-state index contributed by atoms with van der Waals surface area (Å²) < 4.78 is 1.81. The number of nitrogens with two attached hydrogens (primary N) is 1. The van der Waals surface area contributed by atoms with Crippen molar-refractivity contribution in [1.82, 2.24) is 14.8 Å². The fourth-order valence-corrected chi connectivity index (χ4v) is 2.03. The zero-order valence-corrected chi connectivity index (χ0v) is 10.9. The molecule has 2 heterocycles. The molecule has 2 N–H and O–H groups in total. The molecule has 0 saturated heterocycles. The number of anilines is 1. The predicted octanol–water partition coefficient (Wildman–Crippen LogP) is 0.953. The van der Waals surface area contributed by atoms with Gasteiger partial charge in [-0.1, -0.05) is 6.07 Å². The highest BCUT2D eigenvalue weighted by Gasteiger charge is 2.09. The quantitative estimate of drug-likeness (QED) is 0.852. The molecule has 2 rings (SSSR count). The summed E-state index contributed by atoms with van der Waals surface area (Å²) in [5.41, 5.74) is 7.98. The average molecular weight is 245 g/mol. The molecule has 0 atom stereocenters. The highest BCUT2D eigenvalue weighted by Crippen LogP contribution is 2.18. The second kappa shape index (κ2) is 5.64. The molecule has 0 aromatic carbocycles. The molecule has 0 bridgehead atoms. The van der Waals surface area contributed by atoms with Gasteiger partial charge < -0.3 is 10.6 Å². The lowest BCUT2D eigenvalue weighted by Crippen LogP contribution is -2.20. The molecule has 0 aliphatic rings. The number of hydrogen-bond donors (Lipinski definition) is 1. The van der Waals surface area contributed by atoms with Crippen LogP contribution in [0.4, 0.5) is 5.82 Å². The molecule has 0 aliphatic heterocycles. The zero-order valence-electron chi connectivity index (χ0n) is 10.9. The van der Waals surface area contributed by atoms with Crippen LogP contribution < -0.4 is 10.6 Å². The summed E-state index contributed by atoms with van der Waals surface area (Å²) in [6.45, 7) is 1.43. The van der Waals surface area contributed by atoms with Crippen molar-refractivity contribution in [3.8, 4) is 0 Å². The second-order valence-electron chi connectivity index (χ2n) is 4.40. The van der Waals surface area contributed by atoms with Crippen molar-refractivity contribution in [3.63, 3.8) is 0 Å².